The molecule has 6 heteroatoms. The van der Waals surface area contributed by atoms with Crippen molar-refractivity contribution < 1.29 is 17.9 Å². The van der Waals surface area contributed by atoms with E-state index in [9.17, 15) is 13.2 Å². The molecule has 0 radical (unpaired) electrons. The topological polar surface area (TPSA) is 86.5 Å². The van der Waals surface area contributed by atoms with E-state index in [0.29, 0.717) is 5.56 Å². The SMILES string of the molecule is CC(C)(C)OC(=O)C(C)(N)c1ccc(S(C)(=O)=O)cc1. The predicted octanol–water partition coefficient (Wildman–Crippen LogP) is 1.61. The van der Waals surface area contributed by atoms with E-state index in [-0.39, 0.29) is 4.90 Å². The normalized spacial score (nSPS) is 15.5. The van der Waals surface area contributed by atoms with Crippen molar-refractivity contribution in [1.82, 2.24) is 0 Å². The van der Waals surface area contributed by atoms with Gasteiger partial charge in [0.1, 0.15) is 11.1 Å². The fraction of sp³-hybridized carbons (Fsp3) is 0.500. The number of hydrogen-bond acceptors (Lipinski definition) is 5. The Labute approximate surface area is 120 Å². The lowest BCUT2D eigenvalue weighted by Gasteiger charge is -2.28. The number of carbonyl (C=O) groups is 1. The quantitative estimate of drug-likeness (QED) is 0.857. The first-order valence-corrected chi connectivity index (χ1v) is 8.06. The van der Waals surface area contributed by atoms with Crippen LogP contribution in [0.5, 0.6) is 0 Å². The Hall–Kier alpha value is -1.40. The minimum atomic E-state index is -3.27. The van der Waals surface area contributed by atoms with Crippen LogP contribution in [-0.4, -0.2) is 26.2 Å². The zero-order valence-corrected chi connectivity index (χ0v) is 13.2. The van der Waals surface area contributed by atoms with Crippen molar-refractivity contribution >= 4 is 15.8 Å². The molecule has 0 heterocycles. The van der Waals surface area contributed by atoms with Gasteiger partial charge in [-0.2, -0.15) is 0 Å². The molecule has 112 valence electrons. The van der Waals surface area contributed by atoms with Crippen molar-refractivity contribution in [3.63, 3.8) is 0 Å². The Morgan fingerprint density at radius 3 is 1.90 bits per heavy atom. The van der Waals surface area contributed by atoms with Gasteiger partial charge in [0.15, 0.2) is 9.84 Å². The van der Waals surface area contributed by atoms with Crippen molar-refractivity contribution in [2.45, 2.75) is 43.7 Å². The van der Waals surface area contributed by atoms with Gasteiger partial charge in [-0.1, -0.05) is 12.1 Å². The van der Waals surface area contributed by atoms with Crippen LogP contribution >= 0.6 is 0 Å². The number of nitrogens with two attached hydrogens (primary N) is 1. The summed E-state index contributed by atoms with van der Waals surface area (Å²) in [5, 5.41) is 0. The molecule has 20 heavy (non-hydrogen) atoms. The molecular weight excluding hydrogens is 278 g/mol. The fourth-order valence-corrected chi connectivity index (χ4v) is 2.18. The average molecular weight is 299 g/mol. The first-order valence-electron chi connectivity index (χ1n) is 6.17. The molecule has 0 aliphatic heterocycles. The lowest BCUT2D eigenvalue weighted by molar-refractivity contribution is -0.161. The monoisotopic (exact) mass is 299 g/mol. The second-order valence-corrected chi connectivity index (χ2v) is 8.02. The van der Waals surface area contributed by atoms with E-state index in [2.05, 4.69) is 0 Å². The van der Waals surface area contributed by atoms with Gasteiger partial charge in [-0.25, -0.2) is 13.2 Å². The third-order valence-corrected chi connectivity index (χ3v) is 3.83. The smallest absolute Gasteiger partial charge is 0.331 e. The highest BCUT2D eigenvalue weighted by molar-refractivity contribution is 7.90. The van der Waals surface area contributed by atoms with E-state index in [1.165, 1.54) is 31.2 Å². The molecule has 0 fully saturated rings. The Morgan fingerprint density at radius 2 is 1.55 bits per heavy atom. The Morgan fingerprint density at radius 1 is 1.10 bits per heavy atom. The molecule has 0 saturated carbocycles. The van der Waals surface area contributed by atoms with Gasteiger partial charge in [0, 0.05) is 6.26 Å². The molecular formula is C14H21NO4S. The summed E-state index contributed by atoms with van der Waals surface area (Å²) in [6, 6.07) is 5.92. The number of sulfone groups is 1. The number of benzene rings is 1. The molecule has 1 rings (SSSR count). The van der Waals surface area contributed by atoms with Crippen molar-refractivity contribution in [2.24, 2.45) is 5.73 Å². The minimum Gasteiger partial charge on any atom is -0.458 e. The van der Waals surface area contributed by atoms with E-state index in [1.54, 1.807) is 20.8 Å². The van der Waals surface area contributed by atoms with Crippen LogP contribution in [0.4, 0.5) is 0 Å². The molecule has 0 saturated heterocycles. The van der Waals surface area contributed by atoms with Gasteiger partial charge < -0.3 is 10.5 Å². The number of carbonyl (C=O) groups excluding carboxylic acids is 1. The number of hydrogen-bond donors (Lipinski definition) is 1. The summed E-state index contributed by atoms with van der Waals surface area (Å²) in [5.41, 5.74) is 4.56. The molecule has 0 amide bonds. The highest BCUT2D eigenvalue weighted by Crippen LogP contribution is 2.23. The third kappa shape index (κ3) is 4.05. The van der Waals surface area contributed by atoms with Crippen LogP contribution in [0.15, 0.2) is 29.2 Å². The van der Waals surface area contributed by atoms with Gasteiger partial charge in [0.05, 0.1) is 4.90 Å². The highest BCUT2D eigenvalue weighted by atomic mass is 32.2. The molecule has 0 bridgehead atoms. The standard InChI is InChI=1S/C14H21NO4S/c1-13(2,3)19-12(16)14(4,15)10-6-8-11(9-7-10)20(5,17)18/h6-9H,15H2,1-5H3. The lowest BCUT2D eigenvalue weighted by atomic mass is 9.93. The van der Waals surface area contributed by atoms with Gasteiger partial charge in [-0.15, -0.1) is 0 Å². The van der Waals surface area contributed by atoms with Crippen molar-refractivity contribution in [3.8, 4) is 0 Å². The summed E-state index contributed by atoms with van der Waals surface area (Å²) >= 11 is 0. The second kappa shape index (κ2) is 5.18. The summed E-state index contributed by atoms with van der Waals surface area (Å²) in [7, 11) is -3.27. The van der Waals surface area contributed by atoms with Crippen LogP contribution in [0, 0.1) is 0 Å². The Bertz CT molecular complexity index is 595. The largest absolute Gasteiger partial charge is 0.458 e. The van der Waals surface area contributed by atoms with E-state index in [0.717, 1.165) is 6.26 Å². The van der Waals surface area contributed by atoms with Crippen molar-refractivity contribution in [2.75, 3.05) is 6.26 Å². The first kappa shape index (κ1) is 16.7. The molecule has 2 N–H and O–H groups in total. The Kier molecular flexibility index (Phi) is 4.31. The maximum Gasteiger partial charge on any atom is 0.331 e. The van der Waals surface area contributed by atoms with E-state index in [4.69, 9.17) is 10.5 Å². The number of esters is 1. The highest BCUT2D eigenvalue weighted by Gasteiger charge is 2.35. The van der Waals surface area contributed by atoms with Crippen molar-refractivity contribution in [3.05, 3.63) is 29.8 Å². The zero-order valence-electron chi connectivity index (χ0n) is 12.4. The molecule has 1 atom stereocenters. The maximum atomic E-state index is 12.1. The maximum absolute atomic E-state index is 12.1. The van der Waals surface area contributed by atoms with Gasteiger partial charge in [-0.05, 0) is 45.4 Å². The fourth-order valence-electron chi connectivity index (χ4n) is 1.55. The second-order valence-electron chi connectivity index (χ2n) is 6.00. The predicted molar refractivity (Wildman–Crippen MR) is 76.9 cm³/mol. The van der Waals surface area contributed by atoms with Gasteiger partial charge in [0.2, 0.25) is 0 Å². The van der Waals surface area contributed by atoms with E-state index < -0.39 is 26.9 Å². The third-order valence-electron chi connectivity index (χ3n) is 2.71. The van der Waals surface area contributed by atoms with Crippen LogP contribution in [0.25, 0.3) is 0 Å². The minimum absolute atomic E-state index is 0.182. The van der Waals surface area contributed by atoms with Crippen LogP contribution in [0.1, 0.15) is 33.3 Å². The molecule has 5 nitrogen and oxygen atoms in total. The van der Waals surface area contributed by atoms with Gasteiger partial charge in [0.25, 0.3) is 0 Å². The molecule has 1 aromatic rings. The molecule has 0 spiro atoms. The first-order chi connectivity index (χ1) is 8.84. The van der Waals surface area contributed by atoms with Crippen LogP contribution in [-0.2, 0) is 24.9 Å². The molecule has 1 unspecified atom stereocenters. The summed E-state index contributed by atoms with van der Waals surface area (Å²) < 4.78 is 28.1. The molecule has 0 aliphatic rings. The van der Waals surface area contributed by atoms with Crippen LogP contribution < -0.4 is 5.73 Å². The zero-order chi connectivity index (χ0) is 15.8. The van der Waals surface area contributed by atoms with E-state index in [1.807, 2.05) is 0 Å². The van der Waals surface area contributed by atoms with Crippen LogP contribution in [0.3, 0.4) is 0 Å². The summed E-state index contributed by atoms with van der Waals surface area (Å²) in [6.45, 7) is 6.81. The summed E-state index contributed by atoms with van der Waals surface area (Å²) in [6.07, 6.45) is 1.12. The molecule has 1 aromatic carbocycles. The summed E-state index contributed by atoms with van der Waals surface area (Å²) in [5.74, 6) is -0.558. The van der Waals surface area contributed by atoms with Gasteiger partial charge >= 0.3 is 5.97 Å². The molecule has 0 aromatic heterocycles. The summed E-state index contributed by atoms with van der Waals surface area (Å²) in [4.78, 5) is 12.3. The Balaban J connectivity index is 3.07. The van der Waals surface area contributed by atoms with Crippen LogP contribution in [0.2, 0.25) is 0 Å². The number of ether oxygens (including phenoxy) is 1. The van der Waals surface area contributed by atoms with Crippen molar-refractivity contribution in [1.29, 1.82) is 0 Å². The lowest BCUT2D eigenvalue weighted by Crippen LogP contribution is -2.45. The molecule has 0 aliphatic carbocycles. The average Bonchev–Trinajstić information content (AvgIpc) is 2.25. The van der Waals surface area contributed by atoms with Gasteiger partial charge in [-0.3, -0.25) is 0 Å². The van der Waals surface area contributed by atoms with E-state index >= 15 is 0 Å². The number of rotatable bonds is 3.